The van der Waals surface area contributed by atoms with Crippen LogP contribution in [0.15, 0.2) is 0 Å². The normalized spacial score (nSPS) is 51.4. The number of carbonyl (C=O) groups is 1. The summed E-state index contributed by atoms with van der Waals surface area (Å²) in [4.78, 5) is 11.7. The predicted molar refractivity (Wildman–Crippen MR) is 114 cm³/mol. The molecule has 0 aromatic heterocycles. The first-order chi connectivity index (χ1) is 14.1. The van der Waals surface area contributed by atoms with E-state index in [0.717, 1.165) is 51.4 Å². The van der Waals surface area contributed by atoms with Gasteiger partial charge in [0, 0.05) is 6.42 Å². The zero-order chi connectivity index (χ0) is 21.8. The van der Waals surface area contributed by atoms with Crippen molar-refractivity contribution in [3.05, 3.63) is 0 Å². The van der Waals surface area contributed by atoms with Crippen molar-refractivity contribution in [2.75, 3.05) is 7.11 Å². The lowest BCUT2D eigenvalue weighted by Gasteiger charge is -2.63. The molecule has 0 bridgehead atoms. The van der Waals surface area contributed by atoms with Gasteiger partial charge in [-0.3, -0.25) is 4.79 Å². The van der Waals surface area contributed by atoms with Gasteiger partial charge in [-0.25, -0.2) is 0 Å². The van der Waals surface area contributed by atoms with Gasteiger partial charge in [-0.2, -0.15) is 0 Å². The molecule has 1 unspecified atom stereocenters. The second kappa shape index (κ2) is 8.04. The van der Waals surface area contributed by atoms with E-state index in [2.05, 4.69) is 20.8 Å². The molecule has 4 fully saturated rings. The van der Waals surface area contributed by atoms with Crippen LogP contribution in [0.4, 0.5) is 0 Å². The standard InChI is InChI=1S/C25H42O5/c1-14(5-8-22(29)30-4)17-6-7-18-23-19(13-21(28)25(17,18)3)24(2)10-9-16(26)11-15(24)12-20(23)27/h14-21,23,26-28H,5-13H2,1-4H3/t14-,15-,16-,17?,18+,19-,20-,21+,23-,24+,25+/m1/s1. The summed E-state index contributed by atoms with van der Waals surface area (Å²) in [5.74, 6) is 1.81. The summed E-state index contributed by atoms with van der Waals surface area (Å²) in [5, 5.41) is 33.1. The Morgan fingerprint density at radius 3 is 2.50 bits per heavy atom. The molecule has 0 amide bonds. The van der Waals surface area contributed by atoms with E-state index in [1.165, 1.54) is 7.11 Å². The second-order valence-corrected chi connectivity index (χ2v) is 11.6. The lowest BCUT2D eigenvalue weighted by Crippen LogP contribution is -2.62. The third-order valence-corrected chi connectivity index (χ3v) is 10.6. The number of hydrogen-bond acceptors (Lipinski definition) is 5. The van der Waals surface area contributed by atoms with Crippen molar-refractivity contribution < 1.29 is 24.9 Å². The number of ether oxygens (including phenoxy) is 1. The van der Waals surface area contributed by atoms with Crippen molar-refractivity contribution in [3.8, 4) is 0 Å². The minimum Gasteiger partial charge on any atom is -0.469 e. The van der Waals surface area contributed by atoms with Crippen LogP contribution in [0.3, 0.4) is 0 Å². The van der Waals surface area contributed by atoms with Crippen LogP contribution in [0.1, 0.15) is 78.6 Å². The van der Waals surface area contributed by atoms with E-state index in [1.807, 2.05) is 0 Å². The number of aliphatic hydroxyl groups is 3. The molecule has 0 aromatic rings. The highest BCUT2D eigenvalue weighted by Crippen LogP contribution is 2.68. The van der Waals surface area contributed by atoms with Crippen molar-refractivity contribution in [1.29, 1.82) is 0 Å². The third kappa shape index (κ3) is 3.34. The lowest BCUT2D eigenvalue weighted by atomic mass is 9.43. The van der Waals surface area contributed by atoms with Gasteiger partial charge in [0.05, 0.1) is 25.4 Å². The Morgan fingerprint density at radius 2 is 1.80 bits per heavy atom. The molecule has 0 radical (unpaired) electrons. The molecule has 0 aliphatic heterocycles. The summed E-state index contributed by atoms with van der Waals surface area (Å²) < 4.78 is 4.83. The SMILES string of the molecule is COC(=O)CC[C@@H](C)C1CC[C@H]2[C@H]3[C@H](O)C[C@H]4C[C@H](O)CC[C@]4(C)[C@@H]3C[C@H](O)[C@@]12C. The summed E-state index contributed by atoms with van der Waals surface area (Å²) in [6.07, 6.45) is 6.60. The molecule has 0 heterocycles. The maximum atomic E-state index is 11.7. The fourth-order valence-corrected chi connectivity index (χ4v) is 8.78. The highest BCUT2D eigenvalue weighted by molar-refractivity contribution is 5.69. The molecule has 172 valence electrons. The van der Waals surface area contributed by atoms with E-state index < -0.39 is 0 Å². The topological polar surface area (TPSA) is 87.0 Å². The largest absolute Gasteiger partial charge is 0.469 e. The van der Waals surface area contributed by atoms with Gasteiger partial charge in [0.2, 0.25) is 0 Å². The number of esters is 1. The minimum absolute atomic E-state index is 0.111. The molecule has 4 saturated carbocycles. The Balaban J connectivity index is 1.58. The first-order valence-corrected chi connectivity index (χ1v) is 12.2. The number of rotatable bonds is 4. The third-order valence-electron chi connectivity index (χ3n) is 10.6. The van der Waals surface area contributed by atoms with Crippen LogP contribution in [0, 0.1) is 46.3 Å². The molecular weight excluding hydrogens is 380 g/mol. The van der Waals surface area contributed by atoms with Crippen molar-refractivity contribution in [3.63, 3.8) is 0 Å². The van der Waals surface area contributed by atoms with E-state index >= 15 is 0 Å². The highest BCUT2D eigenvalue weighted by atomic mass is 16.5. The molecule has 4 aliphatic rings. The Kier molecular flexibility index (Phi) is 6.04. The van der Waals surface area contributed by atoms with Crippen molar-refractivity contribution in [2.24, 2.45) is 46.3 Å². The number of hydrogen-bond donors (Lipinski definition) is 3. The summed E-state index contributed by atoms with van der Waals surface area (Å²) in [5.41, 5.74) is -0.0882. The van der Waals surface area contributed by atoms with Crippen molar-refractivity contribution in [2.45, 2.75) is 96.9 Å². The van der Waals surface area contributed by atoms with E-state index in [4.69, 9.17) is 4.74 Å². The lowest BCUT2D eigenvalue weighted by molar-refractivity contribution is -0.207. The molecule has 30 heavy (non-hydrogen) atoms. The molecule has 0 saturated heterocycles. The zero-order valence-corrected chi connectivity index (χ0v) is 19.2. The maximum absolute atomic E-state index is 11.7. The molecule has 5 nitrogen and oxygen atoms in total. The fourth-order valence-electron chi connectivity index (χ4n) is 8.78. The Morgan fingerprint density at radius 1 is 1.07 bits per heavy atom. The Labute approximate surface area is 181 Å². The van der Waals surface area contributed by atoms with Crippen LogP contribution in [-0.2, 0) is 9.53 Å². The zero-order valence-electron chi connectivity index (χ0n) is 19.2. The molecule has 0 spiro atoms. The van der Waals surface area contributed by atoms with E-state index in [1.54, 1.807) is 0 Å². The van der Waals surface area contributed by atoms with Crippen LogP contribution < -0.4 is 0 Å². The van der Waals surface area contributed by atoms with E-state index in [0.29, 0.717) is 36.0 Å². The van der Waals surface area contributed by atoms with Gasteiger partial charge >= 0.3 is 5.97 Å². The summed E-state index contributed by atoms with van der Waals surface area (Å²) >= 11 is 0. The number of carbonyl (C=O) groups excluding carboxylic acids is 1. The highest BCUT2D eigenvalue weighted by Gasteiger charge is 2.65. The second-order valence-electron chi connectivity index (χ2n) is 11.6. The van der Waals surface area contributed by atoms with Gasteiger partial charge < -0.3 is 20.1 Å². The predicted octanol–water partition coefficient (Wildman–Crippen LogP) is 3.54. The van der Waals surface area contributed by atoms with Crippen LogP contribution >= 0.6 is 0 Å². The molecule has 3 N–H and O–H groups in total. The van der Waals surface area contributed by atoms with E-state index in [-0.39, 0.29) is 41.0 Å². The van der Waals surface area contributed by atoms with Crippen LogP contribution in [-0.4, -0.2) is 46.7 Å². The van der Waals surface area contributed by atoms with Gasteiger partial charge in [-0.15, -0.1) is 0 Å². The molecule has 5 heteroatoms. The van der Waals surface area contributed by atoms with Crippen LogP contribution in [0.2, 0.25) is 0 Å². The fraction of sp³-hybridized carbons (Fsp3) is 0.960. The monoisotopic (exact) mass is 422 g/mol. The van der Waals surface area contributed by atoms with E-state index in [9.17, 15) is 20.1 Å². The van der Waals surface area contributed by atoms with Gasteiger partial charge in [-0.1, -0.05) is 20.8 Å². The van der Waals surface area contributed by atoms with Gasteiger partial charge in [-0.05, 0) is 97.7 Å². The minimum atomic E-state index is -0.369. The summed E-state index contributed by atoms with van der Waals surface area (Å²) in [6, 6.07) is 0. The molecule has 11 atom stereocenters. The maximum Gasteiger partial charge on any atom is 0.305 e. The summed E-state index contributed by atoms with van der Waals surface area (Å²) in [6.45, 7) is 6.85. The average molecular weight is 423 g/mol. The Hall–Kier alpha value is -0.650. The number of methoxy groups -OCH3 is 1. The smallest absolute Gasteiger partial charge is 0.305 e. The molecule has 0 aromatic carbocycles. The van der Waals surface area contributed by atoms with Crippen molar-refractivity contribution >= 4 is 5.97 Å². The quantitative estimate of drug-likeness (QED) is 0.603. The Bertz CT molecular complexity index is 651. The number of aliphatic hydroxyl groups excluding tert-OH is 3. The van der Waals surface area contributed by atoms with Gasteiger partial charge in [0.25, 0.3) is 0 Å². The molecule has 4 rings (SSSR count). The molecular formula is C25H42O5. The first kappa shape index (κ1) is 22.5. The van der Waals surface area contributed by atoms with Gasteiger partial charge in [0.1, 0.15) is 0 Å². The van der Waals surface area contributed by atoms with Gasteiger partial charge in [0.15, 0.2) is 0 Å². The van der Waals surface area contributed by atoms with Crippen LogP contribution in [0.5, 0.6) is 0 Å². The number of fused-ring (bicyclic) bond motifs is 5. The first-order valence-electron chi connectivity index (χ1n) is 12.2. The van der Waals surface area contributed by atoms with Crippen molar-refractivity contribution in [1.82, 2.24) is 0 Å². The average Bonchev–Trinajstić information content (AvgIpc) is 3.06. The van der Waals surface area contributed by atoms with Crippen LogP contribution in [0.25, 0.3) is 0 Å². The summed E-state index contributed by atoms with van der Waals surface area (Å²) in [7, 11) is 1.44. The molecule has 4 aliphatic carbocycles.